The van der Waals surface area contributed by atoms with E-state index in [0.29, 0.717) is 32.7 Å². The zero-order valence-corrected chi connectivity index (χ0v) is 14.4. The molecule has 0 bridgehead atoms. The first-order valence-electron chi connectivity index (χ1n) is 8.47. The summed E-state index contributed by atoms with van der Waals surface area (Å²) in [6.07, 6.45) is 3.66. The van der Waals surface area contributed by atoms with Crippen molar-refractivity contribution in [1.29, 1.82) is 10.5 Å². The van der Waals surface area contributed by atoms with Crippen LogP contribution in [0.25, 0.3) is 32.7 Å². The molecule has 0 unspecified atom stereocenters. The molecular formula is C22H10N4O2. The van der Waals surface area contributed by atoms with E-state index in [1.54, 1.807) is 6.07 Å². The lowest BCUT2D eigenvalue weighted by atomic mass is 10.1. The lowest BCUT2D eigenvalue weighted by molar-refractivity contribution is 0.466. The lowest BCUT2D eigenvalue weighted by Gasteiger charge is -2.05. The van der Waals surface area contributed by atoms with Crippen LogP contribution in [0.3, 0.4) is 0 Å². The maximum atomic E-state index is 9.23. The van der Waals surface area contributed by atoms with Crippen molar-refractivity contribution in [3.63, 3.8) is 0 Å². The predicted molar refractivity (Wildman–Crippen MR) is 101 cm³/mol. The molecule has 6 heteroatoms. The van der Waals surface area contributed by atoms with E-state index in [1.807, 2.05) is 67.0 Å². The maximum absolute atomic E-state index is 9.23. The van der Waals surface area contributed by atoms with Gasteiger partial charge in [0.1, 0.15) is 10.7 Å². The van der Waals surface area contributed by atoms with Gasteiger partial charge in [-0.25, -0.2) is 0 Å². The molecular weight excluding hydrogens is 352 g/mol. The highest BCUT2D eigenvalue weighted by atomic mass is 16.4. The van der Waals surface area contributed by atoms with Crippen LogP contribution in [0.1, 0.15) is 0 Å². The summed E-state index contributed by atoms with van der Waals surface area (Å²) in [4.78, 5) is 7.94. The average molecular weight is 362 g/mol. The van der Waals surface area contributed by atoms with Gasteiger partial charge in [0.15, 0.2) is 22.0 Å². The first kappa shape index (κ1) is 15.8. The Balaban J connectivity index is 2.21. The minimum absolute atomic E-state index is 0.275. The number of rotatable bonds is 0. The fourth-order valence-corrected chi connectivity index (χ4v) is 3.49. The van der Waals surface area contributed by atoms with Crippen molar-refractivity contribution in [2.45, 2.75) is 0 Å². The molecule has 3 aromatic carbocycles. The second-order valence-corrected chi connectivity index (χ2v) is 6.14. The average Bonchev–Trinajstić information content (AvgIpc) is 2.75. The van der Waals surface area contributed by atoms with Crippen LogP contribution in [0, 0.1) is 33.7 Å². The van der Waals surface area contributed by atoms with Gasteiger partial charge >= 0.3 is 0 Å². The van der Waals surface area contributed by atoms with Crippen LogP contribution in [-0.4, -0.2) is 0 Å². The van der Waals surface area contributed by atoms with Crippen LogP contribution >= 0.6 is 0 Å². The van der Waals surface area contributed by atoms with E-state index in [-0.39, 0.29) is 10.8 Å². The van der Waals surface area contributed by atoms with Crippen LogP contribution in [0.4, 0.5) is 0 Å². The maximum Gasteiger partial charge on any atom is 0.206 e. The number of hydrogen-bond acceptors (Lipinski definition) is 6. The smallest absolute Gasteiger partial charge is 0.206 e. The van der Waals surface area contributed by atoms with Gasteiger partial charge < -0.3 is 8.83 Å². The second-order valence-electron chi connectivity index (χ2n) is 6.14. The normalized spacial score (nSPS) is 12.6. The van der Waals surface area contributed by atoms with Crippen LogP contribution in [0.15, 0.2) is 79.5 Å². The predicted octanol–water partition coefficient (Wildman–Crippen LogP) is 3.82. The highest BCUT2D eigenvalue weighted by molar-refractivity contribution is 6.01. The Labute approximate surface area is 157 Å². The number of fused-ring (bicyclic) bond motifs is 4. The summed E-state index contributed by atoms with van der Waals surface area (Å²) in [7, 11) is 0. The fourth-order valence-electron chi connectivity index (χ4n) is 3.49. The molecule has 0 atom stereocenters. The number of nitrogens with zero attached hydrogens (tertiary/aromatic N) is 4. The molecule has 0 saturated carbocycles. The van der Waals surface area contributed by atoms with Crippen molar-refractivity contribution in [2.75, 3.05) is 0 Å². The summed E-state index contributed by atoms with van der Waals surface area (Å²) >= 11 is 0. The van der Waals surface area contributed by atoms with Crippen LogP contribution < -0.4 is 10.7 Å². The van der Waals surface area contributed by atoms with E-state index in [1.165, 1.54) is 0 Å². The first-order valence-corrected chi connectivity index (χ1v) is 8.47. The zero-order chi connectivity index (χ0) is 19.1. The van der Waals surface area contributed by atoms with E-state index >= 15 is 0 Å². The molecule has 130 valence electrons. The molecule has 1 aliphatic heterocycles. The number of nitriles is 2. The summed E-state index contributed by atoms with van der Waals surface area (Å²) in [6.45, 7) is 0. The Morgan fingerprint density at radius 2 is 1.21 bits per heavy atom. The van der Waals surface area contributed by atoms with E-state index in [4.69, 9.17) is 8.83 Å². The molecule has 0 saturated heterocycles. The summed E-state index contributed by atoms with van der Waals surface area (Å²) in [5, 5.41) is 22.3. The van der Waals surface area contributed by atoms with Crippen LogP contribution in [-0.2, 0) is 0 Å². The molecule has 5 rings (SSSR count). The summed E-state index contributed by atoms with van der Waals surface area (Å²) in [5.74, 6) is 0. The van der Waals surface area contributed by atoms with Crippen molar-refractivity contribution in [1.82, 2.24) is 0 Å². The van der Waals surface area contributed by atoms with Crippen molar-refractivity contribution in [3.8, 4) is 12.4 Å². The molecule has 0 radical (unpaired) electrons. The minimum atomic E-state index is 0.275. The molecule has 3 aromatic rings. The SMILES string of the molecule is N#CN=c1c2oc3ccc4ccccc4c3oc=2c(=NC#N)c2ccccc12. The Morgan fingerprint density at radius 3 is 1.86 bits per heavy atom. The van der Waals surface area contributed by atoms with Gasteiger partial charge in [-0.15, -0.1) is 0 Å². The van der Waals surface area contributed by atoms with Gasteiger partial charge in [0.25, 0.3) is 0 Å². The van der Waals surface area contributed by atoms with Crippen LogP contribution in [0.2, 0.25) is 0 Å². The summed E-state index contributed by atoms with van der Waals surface area (Å²) < 4.78 is 12.4. The molecule has 0 spiro atoms. The van der Waals surface area contributed by atoms with E-state index in [9.17, 15) is 10.5 Å². The van der Waals surface area contributed by atoms with Gasteiger partial charge in [0.05, 0.1) is 0 Å². The number of hydrogen-bond donors (Lipinski definition) is 0. The molecule has 1 aliphatic carbocycles. The highest BCUT2D eigenvalue weighted by Gasteiger charge is 2.12. The third kappa shape index (κ3) is 2.19. The van der Waals surface area contributed by atoms with Gasteiger partial charge in [-0.3, -0.25) is 0 Å². The molecule has 28 heavy (non-hydrogen) atoms. The van der Waals surface area contributed by atoms with E-state index in [0.717, 1.165) is 10.8 Å². The summed E-state index contributed by atoms with van der Waals surface area (Å²) in [5.41, 5.74) is 1.60. The van der Waals surface area contributed by atoms with E-state index < -0.39 is 0 Å². The molecule has 0 amide bonds. The Bertz CT molecular complexity index is 1700. The van der Waals surface area contributed by atoms with Gasteiger partial charge in [-0.2, -0.15) is 20.5 Å². The topological polar surface area (TPSA) is 98.6 Å². The molecule has 6 nitrogen and oxygen atoms in total. The van der Waals surface area contributed by atoms with Crippen molar-refractivity contribution < 1.29 is 8.83 Å². The zero-order valence-electron chi connectivity index (χ0n) is 14.4. The van der Waals surface area contributed by atoms with Crippen molar-refractivity contribution >= 4 is 32.7 Å². The van der Waals surface area contributed by atoms with Crippen molar-refractivity contribution in [2.24, 2.45) is 9.98 Å². The Hall–Kier alpha value is -4.42. The Kier molecular flexibility index (Phi) is 3.43. The van der Waals surface area contributed by atoms with E-state index in [2.05, 4.69) is 9.98 Å². The summed E-state index contributed by atoms with van der Waals surface area (Å²) in [6, 6.07) is 18.8. The highest BCUT2D eigenvalue weighted by Crippen LogP contribution is 2.25. The monoisotopic (exact) mass is 362 g/mol. The van der Waals surface area contributed by atoms with Gasteiger partial charge in [0.2, 0.25) is 12.4 Å². The molecule has 1 heterocycles. The minimum Gasteiger partial charge on any atom is -0.447 e. The van der Waals surface area contributed by atoms with Gasteiger partial charge in [-0.05, 0) is 11.5 Å². The third-order valence-electron chi connectivity index (χ3n) is 4.66. The first-order chi connectivity index (χ1) is 13.8. The third-order valence-corrected chi connectivity index (χ3v) is 4.66. The number of benzene rings is 3. The van der Waals surface area contributed by atoms with Gasteiger partial charge in [-0.1, -0.05) is 54.6 Å². The Morgan fingerprint density at radius 1 is 0.643 bits per heavy atom. The van der Waals surface area contributed by atoms with Crippen molar-refractivity contribution in [3.05, 3.63) is 82.2 Å². The van der Waals surface area contributed by atoms with Gasteiger partial charge in [0, 0.05) is 16.2 Å². The second kappa shape index (κ2) is 6.08. The largest absolute Gasteiger partial charge is 0.447 e. The van der Waals surface area contributed by atoms with Crippen LogP contribution in [0.5, 0.6) is 0 Å². The molecule has 2 aliphatic rings. The fraction of sp³-hybridized carbons (Fsp3) is 0. The lowest BCUT2D eigenvalue weighted by Crippen LogP contribution is -2.17. The molecule has 0 aromatic heterocycles. The molecule has 0 N–H and O–H groups in total. The quantitative estimate of drug-likeness (QED) is 0.391. The standard InChI is InChI=1S/C22H10N4O2/c23-11-25-18-15-7-3-4-8-16(15)19(26-12-24)22-21(18)27-17-10-9-13-5-1-2-6-14(13)20(17)28-22/h1-10H. The molecule has 0 fully saturated rings.